The Hall–Kier alpha value is -2.91. The molecule has 2 aromatic carbocycles. The molecule has 1 amide bonds. The van der Waals surface area contributed by atoms with Gasteiger partial charge in [0.25, 0.3) is 0 Å². The van der Waals surface area contributed by atoms with E-state index in [4.69, 9.17) is 31.1 Å². The molecule has 0 spiro atoms. The van der Waals surface area contributed by atoms with E-state index in [9.17, 15) is 4.79 Å². The number of hydrogen-bond donors (Lipinski definition) is 1. The Morgan fingerprint density at radius 1 is 1.12 bits per heavy atom. The molecule has 136 valence electrons. The van der Waals surface area contributed by atoms with Crippen molar-refractivity contribution in [2.75, 3.05) is 20.3 Å². The predicted octanol–water partition coefficient (Wildman–Crippen LogP) is 3.34. The van der Waals surface area contributed by atoms with Gasteiger partial charge in [0.1, 0.15) is 25.4 Å². The third kappa shape index (κ3) is 6.19. The Balaban J connectivity index is 1.88. The number of halogens is 1. The van der Waals surface area contributed by atoms with Crippen LogP contribution in [-0.4, -0.2) is 26.2 Å². The summed E-state index contributed by atoms with van der Waals surface area (Å²) in [5.41, 5.74) is 0.839. The summed E-state index contributed by atoms with van der Waals surface area (Å²) < 4.78 is 16.6. The molecule has 1 N–H and O–H groups in total. The molecule has 0 aliphatic rings. The SMILES string of the molecule is COc1ccc(CNC(=O)CC#N)cc1OCCOc1ccc(Cl)cc1. The number of amides is 1. The first kappa shape index (κ1) is 19.4. The van der Waals surface area contributed by atoms with Crippen LogP contribution >= 0.6 is 11.6 Å². The van der Waals surface area contributed by atoms with Crippen LogP contribution in [0, 0.1) is 11.3 Å². The maximum absolute atomic E-state index is 11.4. The Kier molecular flexibility index (Phi) is 7.59. The number of methoxy groups -OCH3 is 1. The highest BCUT2D eigenvalue weighted by Crippen LogP contribution is 2.28. The van der Waals surface area contributed by atoms with Crippen molar-refractivity contribution in [3.8, 4) is 23.3 Å². The highest BCUT2D eigenvalue weighted by Gasteiger charge is 2.07. The number of carbonyl (C=O) groups is 1. The van der Waals surface area contributed by atoms with Gasteiger partial charge in [0.15, 0.2) is 11.5 Å². The fourth-order valence-electron chi connectivity index (χ4n) is 2.12. The number of hydrogen-bond acceptors (Lipinski definition) is 5. The number of rotatable bonds is 9. The molecule has 0 atom stereocenters. The van der Waals surface area contributed by atoms with Gasteiger partial charge < -0.3 is 19.5 Å². The molecular formula is C19H19ClN2O4. The van der Waals surface area contributed by atoms with Crippen LogP contribution in [0.15, 0.2) is 42.5 Å². The first-order valence-electron chi connectivity index (χ1n) is 7.94. The van der Waals surface area contributed by atoms with E-state index in [1.165, 1.54) is 0 Å². The van der Waals surface area contributed by atoms with Crippen molar-refractivity contribution in [1.29, 1.82) is 5.26 Å². The summed E-state index contributed by atoms with van der Waals surface area (Å²) >= 11 is 5.83. The van der Waals surface area contributed by atoms with Gasteiger partial charge in [-0.2, -0.15) is 5.26 Å². The third-order valence-electron chi connectivity index (χ3n) is 3.38. The van der Waals surface area contributed by atoms with Crippen LogP contribution in [-0.2, 0) is 11.3 Å². The minimum Gasteiger partial charge on any atom is -0.493 e. The number of benzene rings is 2. The summed E-state index contributed by atoms with van der Waals surface area (Å²) in [6.07, 6.45) is -0.165. The summed E-state index contributed by atoms with van der Waals surface area (Å²) in [5, 5.41) is 11.8. The van der Waals surface area contributed by atoms with Gasteiger partial charge in [-0.1, -0.05) is 17.7 Å². The third-order valence-corrected chi connectivity index (χ3v) is 3.63. The van der Waals surface area contributed by atoms with Crippen LogP contribution in [0.2, 0.25) is 5.02 Å². The molecule has 0 radical (unpaired) electrons. The van der Waals surface area contributed by atoms with Gasteiger partial charge in [0.2, 0.25) is 5.91 Å². The van der Waals surface area contributed by atoms with Gasteiger partial charge in [-0.25, -0.2) is 0 Å². The average Bonchev–Trinajstić information content (AvgIpc) is 2.65. The summed E-state index contributed by atoms with van der Waals surface area (Å²) in [7, 11) is 1.56. The zero-order chi connectivity index (χ0) is 18.8. The molecule has 0 aliphatic heterocycles. The molecular weight excluding hydrogens is 356 g/mol. The fourth-order valence-corrected chi connectivity index (χ4v) is 2.25. The van der Waals surface area contributed by atoms with Crippen molar-refractivity contribution in [3.05, 3.63) is 53.1 Å². The van der Waals surface area contributed by atoms with E-state index in [-0.39, 0.29) is 12.3 Å². The second-order valence-electron chi connectivity index (χ2n) is 5.25. The molecule has 0 fully saturated rings. The lowest BCUT2D eigenvalue weighted by atomic mass is 10.2. The Bertz CT molecular complexity index is 772. The summed E-state index contributed by atoms with van der Waals surface area (Å²) in [4.78, 5) is 11.4. The molecule has 0 bridgehead atoms. The monoisotopic (exact) mass is 374 g/mol. The van der Waals surface area contributed by atoms with Gasteiger partial charge in [0, 0.05) is 11.6 Å². The standard InChI is InChI=1S/C19H19ClN2O4/c1-24-17-7-2-14(13-22-19(23)8-9-21)12-18(17)26-11-10-25-16-5-3-15(20)4-6-16/h2-7,12H,8,10-11,13H2,1H3,(H,22,23). The quantitative estimate of drug-likeness (QED) is 0.681. The van der Waals surface area contributed by atoms with Crippen LogP contribution in [0.1, 0.15) is 12.0 Å². The van der Waals surface area contributed by atoms with E-state index in [0.29, 0.717) is 42.0 Å². The Morgan fingerprint density at radius 3 is 2.54 bits per heavy atom. The van der Waals surface area contributed by atoms with Gasteiger partial charge >= 0.3 is 0 Å². The predicted molar refractivity (Wildman–Crippen MR) is 97.5 cm³/mol. The van der Waals surface area contributed by atoms with Crippen molar-refractivity contribution >= 4 is 17.5 Å². The van der Waals surface area contributed by atoms with E-state index in [1.54, 1.807) is 49.6 Å². The second-order valence-corrected chi connectivity index (χ2v) is 5.68. The van der Waals surface area contributed by atoms with E-state index in [2.05, 4.69) is 5.32 Å². The van der Waals surface area contributed by atoms with E-state index in [0.717, 1.165) is 5.56 Å². The lowest BCUT2D eigenvalue weighted by Gasteiger charge is -2.13. The zero-order valence-electron chi connectivity index (χ0n) is 14.3. The molecule has 26 heavy (non-hydrogen) atoms. The van der Waals surface area contributed by atoms with Crippen LogP contribution in [0.25, 0.3) is 0 Å². The molecule has 0 saturated heterocycles. The number of ether oxygens (including phenoxy) is 3. The first-order valence-corrected chi connectivity index (χ1v) is 8.32. The molecule has 2 rings (SSSR count). The van der Waals surface area contributed by atoms with Crippen molar-refractivity contribution < 1.29 is 19.0 Å². The van der Waals surface area contributed by atoms with Gasteiger partial charge in [-0.05, 0) is 42.0 Å². The van der Waals surface area contributed by atoms with Crippen molar-refractivity contribution in [1.82, 2.24) is 5.32 Å². The van der Waals surface area contributed by atoms with E-state index in [1.807, 2.05) is 6.07 Å². The van der Waals surface area contributed by atoms with Crippen LogP contribution in [0.5, 0.6) is 17.2 Å². The van der Waals surface area contributed by atoms with Crippen LogP contribution in [0.4, 0.5) is 0 Å². The largest absolute Gasteiger partial charge is 0.493 e. The van der Waals surface area contributed by atoms with Crippen molar-refractivity contribution in [2.24, 2.45) is 0 Å². The number of carbonyl (C=O) groups excluding carboxylic acids is 1. The van der Waals surface area contributed by atoms with E-state index >= 15 is 0 Å². The minimum atomic E-state index is -0.317. The summed E-state index contributed by atoms with van der Waals surface area (Å²) in [6, 6.07) is 14.3. The van der Waals surface area contributed by atoms with Gasteiger partial charge in [-0.15, -0.1) is 0 Å². The average molecular weight is 375 g/mol. The second kappa shape index (κ2) is 10.2. The summed E-state index contributed by atoms with van der Waals surface area (Å²) in [6.45, 7) is 0.985. The Labute approximate surface area is 157 Å². The van der Waals surface area contributed by atoms with E-state index < -0.39 is 0 Å². The zero-order valence-corrected chi connectivity index (χ0v) is 15.1. The molecule has 0 unspecified atom stereocenters. The maximum Gasteiger partial charge on any atom is 0.234 e. The van der Waals surface area contributed by atoms with Gasteiger partial charge in [0.05, 0.1) is 13.2 Å². The molecule has 0 aromatic heterocycles. The fraction of sp³-hybridized carbons (Fsp3) is 0.263. The maximum atomic E-state index is 11.4. The first-order chi connectivity index (χ1) is 12.6. The highest BCUT2D eigenvalue weighted by molar-refractivity contribution is 6.30. The van der Waals surface area contributed by atoms with Gasteiger partial charge in [-0.3, -0.25) is 4.79 Å². The molecule has 0 heterocycles. The molecule has 0 aliphatic carbocycles. The minimum absolute atomic E-state index is 0.165. The Morgan fingerprint density at radius 2 is 1.85 bits per heavy atom. The molecule has 0 saturated carbocycles. The van der Waals surface area contributed by atoms with Crippen molar-refractivity contribution in [2.45, 2.75) is 13.0 Å². The van der Waals surface area contributed by atoms with Crippen LogP contribution in [0.3, 0.4) is 0 Å². The topological polar surface area (TPSA) is 80.6 Å². The molecule has 2 aromatic rings. The number of nitrogens with zero attached hydrogens (tertiary/aromatic N) is 1. The molecule has 7 heteroatoms. The summed E-state index contributed by atoms with van der Waals surface area (Å²) in [5.74, 6) is 1.53. The normalized spacial score (nSPS) is 9.88. The van der Waals surface area contributed by atoms with Crippen LogP contribution < -0.4 is 19.5 Å². The molecule has 6 nitrogen and oxygen atoms in total. The lowest BCUT2D eigenvalue weighted by Crippen LogP contribution is -2.21. The number of nitriles is 1. The lowest BCUT2D eigenvalue weighted by molar-refractivity contribution is -0.120. The smallest absolute Gasteiger partial charge is 0.234 e. The van der Waals surface area contributed by atoms with Crippen molar-refractivity contribution in [3.63, 3.8) is 0 Å². The number of nitrogens with one attached hydrogen (secondary N) is 1. The highest BCUT2D eigenvalue weighted by atomic mass is 35.5.